The van der Waals surface area contributed by atoms with Gasteiger partial charge >= 0.3 is 0 Å². The average Bonchev–Trinajstić information content (AvgIpc) is 3.13. The number of ether oxygens (including phenoxy) is 3. The molecule has 0 spiro atoms. The third-order valence-electron chi connectivity index (χ3n) is 4.41. The Morgan fingerprint density at radius 1 is 1.00 bits per heavy atom. The summed E-state index contributed by atoms with van der Waals surface area (Å²) in [4.78, 5) is 0. The molecule has 1 aliphatic rings. The van der Waals surface area contributed by atoms with Gasteiger partial charge in [-0.25, -0.2) is 8.42 Å². The largest absolute Gasteiger partial charge is 0.497 e. The Labute approximate surface area is 159 Å². The standard InChI is InChI=1S/C19H22N2O5S/c1-24-14-7-5-6-13(10-14)17-12-18(21(20-17)27(4,22)23)16-9-8-15(25-2)11-19(16)26-3/h5-11,18H,12H2,1-4H3/t18-/m0/s1. The Bertz CT molecular complexity index is 972. The molecule has 7 nitrogen and oxygen atoms in total. The van der Waals surface area contributed by atoms with Crippen molar-refractivity contribution in [2.24, 2.45) is 5.10 Å². The van der Waals surface area contributed by atoms with E-state index >= 15 is 0 Å². The molecule has 3 rings (SSSR count). The molecule has 8 heteroatoms. The van der Waals surface area contributed by atoms with Gasteiger partial charge in [0.25, 0.3) is 0 Å². The molecule has 0 aliphatic carbocycles. The van der Waals surface area contributed by atoms with Crippen LogP contribution in [0.3, 0.4) is 0 Å². The Balaban J connectivity index is 2.04. The van der Waals surface area contributed by atoms with Crippen LogP contribution < -0.4 is 14.2 Å². The van der Waals surface area contributed by atoms with Crippen LogP contribution in [-0.2, 0) is 10.0 Å². The molecule has 1 aliphatic heterocycles. The Morgan fingerprint density at radius 2 is 1.70 bits per heavy atom. The maximum absolute atomic E-state index is 12.4. The molecule has 0 amide bonds. The van der Waals surface area contributed by atoms with Crippen molar-refractivity contribution < 1.29 is 22.6 Å². The van der Waals surface area contributed by atoms with Crippen molar-refractivity contribution in [3.05, 3.63) is 53.6 Å². The molecule has 0 fully saturated rings. The van der Waals surface area contributed by atoms with Crippen molar-refractivity contribution in [2.45, 2.75) is 12.5 Å². The number of methoxy groups -OCH3 is 3. The van der Waals surface area contributed by atoms with E-state index in [1.165, 1.54) is 0 Å². The number of sulfonamides is 1. The normalized spacial score (nSPS) is 16.8. The SMILES string of the molecule is COc1cccc(C2=NN(S(C)(=O)=O)[C@H](c3ccc(OC)cc3OC)C2)c1. The van der Waals surface area contributed by atoms with E-state index in [0.717, 1.165) is 21.8 Å². The Hall–Kier alpha value is -2.74. The smallest absolute Gasteiger partial charge is 0.247 e. The minimum absolute atomic E-state index is 0.420. The van der Waals surface area contributed by atoms with Crippen LogP contribution in [0, 0.1) is 0 Å². The molecule has 1 atom stereocenters. The summed E-state index contributed by atoms with van der Waals surface area (Å²) in [6.45, 7) is 0. The van der Waals surface area contributed by atoms with Crippen molar-refractivity contribution in [1.82, 2.24) is 4.41 Å². The van der Waals surface area contributed by atoms with Crippen molar-refractivity contribution in [3.63, 3.8) is 0 Å². The van der Waals surface area contributed by atoms with Crippen LogP contribution in [0.2, 0.25) is 0 Å². The maximum atomic E-state index is 12.4. The van der Waals surface area contributed by atoms with Gasteiger partial charge in [-0.1, -0.05) is 12.1 Å². The summed E-state index contributed by atoms with van der Waals surface area (Å²) in [5, 5.41) is 4.40. The van der Waals surface area contributed by atoms with E-state index in [2.05, 4.69) is 5.10 Å². The highest BCUT2D eigenvalue weighted by molar-refractivity contribution is 7.88. The molecular weight excluding hydrogens is 368 g/mol. The van der Waals surface area contributed by atoms with Crippen LogP contribution >= 0.6 is 0 Å². The maximum Gasteiger partial charge on any atom is 0.247 e. The molecule has 27 heavy (non-hydrogen) atoms. The van der Waals surface area contributed by atoms with Gasteiger partial charge in [0.05, 0.1) is 39.3 Å². The molecule has 0 unspecified atom stereocenters. The molecule has 0 aromatic heterocycles. The second kappa shape index (κ2) is 7.48. The number of hydrazone groups is 1. The van der Waals surface area contributed by atoms with Crippen LogP contribution in [-0.4, -0.2) is 46.1 Å². The summed E-state index contributed by atoms with van der Waals surface area (Å²) in [6.07, 6.45) is 1.57. The van der Waals surface area contributed by atoms with E-state index < -0.39 is 16.1 Å². The van der Waals surface area contributed by atoms with Crippen LogP contribution in [0.15, 0.2) is 47.6 Å². The zero-order valence-corrected chi connectivity index (χ0v) is 16.5. The second-order valence-corrected chi connectivity index (χ2v) is 7.98. The molecule has 1 heterocycles. The van der Waals surface area contributed by atoms with E-state index in [1.807, 2.05) is 30.3 Å². The lowest BCUT2D eigenvalue weighted by molar-refractivity contribution is 0.348. The lowest BCUT2D eigenvalue weighted by atomic mass is 9.98. The number of hydrogen-bond donors (Lipinski definition) is 0. The van der Waals surface area contributed by atoms with Crippen LogP contribution in [0.1, 0.15) is 23.6 Å². The first-order valence-corrected chi connectivity index (χ1v) is 10.2. The van der Waals surface area contributed by atoms with Gasteiger partial charge < -0.3 is 14.2 Å². The van der Waals surface area contributed by atoms with E-state index in [1.54, 1.807) is 33.5 Å². The lowest BCUT2D eigenvalue weighted by Crippen LogP contribution is -2.26. The zero-order valence-electron chi connectivity index (χ0n) is 15.7. The first kappa shape index (κ1) is 19.0. The molecule has 0 saturated heterocycles. The predicted octanol–water partition coefficient (Wildman–Crippen LogP) is 2.82. The van der Waals surface area contributed by atoms with Gasteiger partial charge in [-0.2, -0.15) is 9.52 Å². The van der Waals surface area contributed by atoms with Crippen LogP contribution in [0.5, 0.6) is 17.2 Å². The summed E-state index contributed by atoms with van der Waals surface area (Å²) in [6, 6.07) is 12.2. The minimum atomic E-state index is -3.57. The number of rotatable bonds is 6. The molecule has 0 saturated carbocycles. The third kappa shape index (κ3) is 3.85. The van der Waals surface area contributed by atoms with E-state index in [0.29, 0.717) is 29.4 Å². The van der Waals surface area contributed by atoms with Crippen LogP contribution in [0.4, 0.5) is 0 Å². The molecule has 144 valence electrons. The fraction of sp³-hybridized carbons (Fsp3) is 0.316. The van der Waals surface area contributed by atoms with E-state index in [-0.39, 0.29) is 0 Å². The summed E-state index contributed by atoms with van der Waals surface area (Å²) < 4.78 is 41.8. The molecule has 2 aromatic carbocycles. The third-order valence-corrected chi connectivity index (χ3v) is 5.43. The van der Waals surface area contributed by atoms with Crippen molar-refractivity contribution in [1.29, 1.82) is 0 Å². The highest BCUT2D eigenvalue weighted by Gasteiger charge is 2.36. The Kier molecular flexibility index (Phi) is 5.27. The zero-order chi connectivity index (χ0) is 19.6. The van der Waals surface area contributed by atoms with Gasteiger partial charge in [0, 0.05) is 23.6 Å². The predicted molar refractivity (Wildman–Crippen MR) is 103 cm³/mol. The Morgan fingerprint density at radius 3 is 2.33 bits per heavy atom. The van der Waals surface area contributed by atoms with Gasteiger partial charge in [0.2, 0.25) is 10.0 Å². The van der Waals surface area contributed by atoms with E-state index in [9.17, 15) is 8.42 Å². The molecular formula is C19H22N2O5S. The minimum Gasteiger partial charge on any atom is -0.497 e. The van der Waals surface area contributed by atoms with Crippen LogP contribution in [0.25, 0.3) is 0 Å². The highest BCUT2D eigenvalue weighted by atomic mass is 32.2. The summed E-state index contributed by atoms with van der Waals surface area (Å²) in [5.41, 5.74) is 2.21. The lowest BCUT2D eigenvalue weighted by Gasteiger charge is -2.23. The topological polar surface area (TPSA) is 77.4 Å². The fourth-order valence-corrected chi connectivity index (χ4v) is 3.99. The van der Waals surface area contributed by atoms with E-state index in [4.69, 9.17) is 14.2 Å². The molecule has 0 bridgehead atoms. The molecule has 0 N–H and O–H groups in total. The summed E-state index contributed by atoms with van der Waals surface area (Å²) in [7, 11) is 1.13. The molecule has 0 radical (unpaired) electrons. The van der Waals surface area contributed by atoms with Gasteiger partial charge in [0.1, 0.15) is 17.2 Å². The summed E-state index contributed by atoms with van der Waals surface area (Å²) in [5.74, 6) is 1.87. The average molecular weight is 390 g/mol. The van der Waals surface area contributed by atoms with Gasteiger partial charge in [0.15, 0.2) is 0 Å². The molecule has 2 aromatic rings. The summed E-state index contributed by atoms with van der Waals surface area (Å²) >= 11 is 0. The first-order chi connectivity index (χ1) is 12.9. The van der Waals surface area contributed by atoms with Crippen molar-refractivity contribution in [2.75, 3.05) is 27.6 Å². The van der Waals surface area contributed by atoms with Gasteiger partial charge in [-0.15, -0.1) is 0 Å². The fourth-order valence-electron chi connectivity index (χ4n) is 3.10. The van der Waals surface area contributed by atoms with Gasteiger partial charge in [-0.05, 0) is 24.3 Å². The second-order valence-electron chi connectivity index (χ2n) is 6.14. The quantitative estimate of drug-likeness (QED) is 0.758. The van der Waals surface area contributed by atoms with Crippen molar-refractivity contribution in [3.8, 4) is 17.2 Å². The monoisotopic (exact) mass is 390 g/mol. The first-order valence-electron chi connectivity index (χ1n) is 8.30. The number of hydrogen-bond acceptors (Lipinski definition) is 6. The number of benzene rings is 2. The highest BCUT2D eigenvalue weighted by Crippen LogP contribution is 2.40. The van der Waals surface area contributed by atoms with Gasteiger partial charge in [-0.3, -0.25) is 0 Å². The number of nitrogens with zero attached hydrogens (tertiary/aromatic N) is 2. The van der Waals surface area contributed by atoms with Crippen molar-refractivity contribution >= 4 is 15.7 Å².